The predicted molar refractivity (Wildman–Crippen MR) is 88.7 cm³/mol. The van der Waals surface area contributed by atoms with E-state index < -0.39 is 0 Å². The monoisotopic (exact) mass is 304 g/mol. The van der Waals surface area contributed by atoms with Crippen molar-refractivity contribution in [1.82, 2.24) is 4.90 Å². The molecule has 0 amide bonds. The molecule has 1 aromatic rings. The van der Waals surface area contributed by atoms with Crippen molar-refractivity contribution in [2.75, 3.05) is 33.8 Å². The van der Waals surface area contributed by atoms with Crippen LogP contribution in [0.15, 0.2) is 18.2 Å². The maximum Gasteiger partial charge on any atom is 0.162 e. The Morgan fingerprint density at radius 1 is 1.18 bits per heavy atom. The van der Waals surface area contributed by atoms with Gasteiger partial charge in [-0.05, 0) is 37.6 Å². The van der Waals surface area contributed by atoms with Crippen molar-refractivity contribution in [2.24, 2.45) is 5.73 Å². The number of rotatable bonds is 5. The van der Waals surface area contributed by atoms with Gasteiger partial charge in [-0.1, -0.05) is 25.3 Å². The van der Waals surface area contributed by atoms with E-state index in [0.29, 0.717) is 6.54 Å². The van der Waals surface area contributed by atoms with Crippen LogP contribution in [0.2, 0.25) is 0 Å². The molecule has 1 aromatic carbocycles. The zero-order valence-electron chi connectivity index (χ0n) is 13.8. The fourth-order valence-electron chi connectivity index (χ4n) is 3.83. The Hall–Kier alpha value is -1.26. The summed E-state index contributed by atoms with van der Waals surface area (Å²) < 4.78 is 11.6. The number of hydrogen-bond acceptors (Lipinski definition) is 4. The lowest BCUT2D eigenvalue weighted by Gasteiger charge is -2.38. The van der Waals surface area contributed by atoms with Gasteiger partial charge in [0, 0.05) is 25.0 Å². The van der Waals surface area contributed by atoms with Gasteiger partial charge in [0.25, 0.3) is 0 Å². The van der Waals surface area contributed by atoms with Gasteiger partial charge in [-0.15, -0.1) is 0 Å². The first-order chi connectivity index (χ1) is 10.7. The van der Waals surface area contributed by atoms with E-state index in [-0.39, 0.29) is 11.5 Å². The van der Waals surface area contributed by atoms with Crippen molar-refractivity contribution in [3.05, 3.63) is 23.8 Å². The van der Waals surface area contributed by atoms with E-state index in [2.05, 4.69) is 24.1 Å². The fraction of sp³-hybridized carbons (Fsp3) is 0.667. The molecule has 0 unspecified atom stereocenters. The minimum Gasteiger partial charge on any atom is -0.493 e. The van der Waals surface area contributed by atoms with E-state index in [4.69, 9.17) is 15.2 Å². The highest BCUT2D eigenvalue weighted by atomic mass is 16.5. The van der Waals surface area contributed by atoms with Crippen molar-refractivity contribution in [2.45, 2.75) is 43.6 Å². The minimum atomic E-state index is 0.124. The first-order valence-electron chi connectivity index (χ1n) is 8.41. The van der Waals surface area contributed by atoms with Gasteiger partial charge in [0.15, 0.2) is 11.5 Å². The van der Waals surface area contributed by atoms with E-state index >= 15 is 0 Å². The van der Waals surface area contributed by atoms with E-state index in [9.17, 15) is 0 Å². The third kappa shape index (κ3) is 2.95. The molecule has 1 saturated heterocycles. The van der Waals surface area contributed by atoms with E-state index in [0.717, 1.165) is 24.6 Å². The summed E-state index contributed by atoms with van der Waals surface area (Å²) in [5, 5.41) is 0. The lowest BCUT2D eigenvalue weighted by molar-refractivity contribution is 0.0368. The third-order valence-corrected chi connectivity index (χ3v) is 5.30. The van der Waals surface area contributed by atoms with E-state index in [1.54, 1.807) is 7.11 Å². The Bertz CT molecular complexity index is 506. The highest BCUT2D eigenvalue weighted by Gasteiger charge is 2.34. The Labute approximate surface area is 133 Å². The quantitative estimate of drug-likeness (QED) is 0.908. The smallest absolute Gasteiger partial charge is 0.162 e. The van der Waals surface area contributed by atoms with Crippen LogP contribution in [0.1, 0.15) is 37.7 Å². The molecule has 2 fully saturated rings. The highest BCUT2D eigenvalue weighted by Crippen LogP contribution is 2.42. The van der Waals surface area contributed by atoms with Gasteiger partial charge >= 0.3 is 0 Å². The van der Waals surface area contributed by atoms with Crippen LogP contribution in [0.3, 0.4) is 0 Å². The molecule has 0 atom stereocenters. The molecule has 22 heavy (non-hydrogen) atoms. The van der Waals surface area contributed by atoms with Crippen LogP contribution in [0.4, 0.5) is 0 Å². The lowest BCUT2D eigenvalue weighted by Crippen LogP contribution is -2.51. The number of hydrogen-bond donors (Lipinski definition) is 1. The molecule has 1 aliphatic carbocycles. The summed E-state index contributed by atoms with van der Waals surface area (Å²) in [6, 6.07) is 6.39. The number of benzene rings is 1. The molecular weight excluding hydrogens is 276 g/mol. The third-order valence-electron chi connectivity index (χ3n) is 5.30. The van der Waals surface area contributed by atoms with Crippen LogP contribution in [0, 0.1) is 0 Å². The average Bonchev–Trinajstić information content (AvgIpc) is 2.54. The average molecular weight is 304 g/mol. The standard InChI is InChI=1S/C18H28N2O2/c1-20-11-15(12-20)22-17-10-14(6-7-16(17)21-2)18(13-19)8-4-3-5-9-18/h6-7,10,15H,3-5,8-9,11-13,19H2,1-2H3. The summed E-state index contributed by atoms with van der Waals surface area (Å²) in [5.74, 6) is 1.69. The first kappa shape index (κ1) is 15.6. The lowest BCUT2D eigenvalue weighted by atomic mass is 9.69. The van der Waals surface area contributed by atoms with Crippen LogP contribution in [-0.4, -0.2) is 44.8 Å². The predicted octanol–water partition coefficient (Wildman–Crippen LogP) is 2.55. The molecule has 1 heterocycles. The van der Waals surface area contributed by atoms with Gasteiger partial charge < -0.3 is 15.2 Å². The van der Waals surface area contributed by atoms with Crippen molar-refractivity contribution in [3.63, 3.8) is 0 Å². The van der Waals surface area contributed by atoms with Crippen molar-refractivity contribution in [1.29, 1.82) is 0 Å². The Balaban J connectivity index is 1.85. The molecule has 1 saturated carbocycles. The largest absolute Gasteiger partial charge is 0.493 e. The molecule has 0 spiro atoms. The summed E-state index contributed by atoms with van der Waals surface area (Å²) in [7, 11) is 3.81. The number of nitrogens with two attached hydrogens (primary N) is 1. The minimum absolute atomic E-state index is 0.124. The molecule has 0 radical (unpaired) electrons. The van der Waals surface area contributed by atoms with E-state index in [1.165, 1.54) is 37.7 Å². The van der Waals surface area contributed by atoms with Gasteiger partial charge in [0.05, 0.1) is 7.11 Å². The summed E-state index contributed by atoms with van der Waals surface area (Å²) in [4.78, 5) is 2.25. The van der Waals surface area contributed by atoms with Crippen LogP contribution in [-0.2, 0) is 5.41 Å². The molecule has 4 heteroatoms. The van der Waals surface area contributed by atoms with Crippen molar-refractivity contribution >= 4 is 0 Å². The molecule has 2 aliphatic rings. The summed E-state index contributed by atoms with van der Waals surface area (Å²) in [6.45, 7) is 2.68. The van der Waals surface area contributed by atoms with Crippen molar-refractivity contribution < 1.29 is 9.47 Å². The number of likely N-dealkylation sites (N-methyl/N-ethyl adjacent to an activating group) is 1. The maximum absolute atomic E-state index is 6.17. The second kappa shape index (κ2) is 6.47. The molecule has 0 bridgehead atoms. The Kier molecular flexibility index (Phi) is 4.59. The van der Waals surface area contributed by atoms with Gasteiger partial charge in [-0.25, -0.2) is 0 Å². The molecular formula is C18H28N2O2. The van der Waals surface area contributed by atoms with Crippen LogP contribution >= 0.6 is 0 Å². The second-order valence-electron chi connectivity index (χ2n) is 6.87. The number of likely N-dealkylation sites (tertiary alicyclic amines) is 1. The van der Waals surface area contributed by atoms with Crippen LogP contribution in [0.5, 0.6) is 11.5 Å². The Morgan fingerprint density at radius 3 is 2.50 bits per heavy atom. The topological polar surface area (TPSA) is 47.7 Å². The first-order valence-corrected chi connectivity index (χ1v) is 8.41. The number of nitrogens with zero attached hydrogens (tertiary/aromatic N) is 1. The Morgan fingerprint density at radius 2 is 1.91 bits per heavy atom. The molecule has 3 rings (SSSR count). The van der Waals surface area contributed by atoms with Gasteiger partial charge in [0.2, 0.25) is 0 Å². The molecule has 0 aromatic heterocycles. The van der Waals surface area contributed by atoms with Gasteiger partial charge in [0.1, 0.15) is 6.10 Å². The molecule has 2 N–H and O–H groups in total. The molecule has 1 aliphatic heterocycles. The van der Waals surface area contributed by atoms with Crippen LogP contribution in [0.25, 0.3) is 0 Å². The van der Waals surface area contributed by atoms with Crippen molar-refractivity contribution in [3.8, 4) is 11.5 Å². The van der Waals surface area contributed by atoms with E-state index in [1.807, 2.05) is 6.07 Å². The summed E-state index contributed by atoms with van der Waals surface area (Å²) >= 11 is 0. The molecule has 122 valence electrons. The maximum atomic E-state index is 6.17. The number of ether oxygens (including phenoxy) is 2. The fourth-order valence-corrected chi connectivity index (χ4v) is 3.83. The van der Waals surface area contributed by atoms with Crippen LogP contribution < -0.4 is 15.2 Å². The molecule has 4 nitrogen and oxygen atoms in total. The zero-order valence-corrected chi connectivity index (χ0v) is 13.8. The number of methoxy groups -OCH3 is 1. The SMILES string of the molecule is COc1ccc(C2(CN)CCCCC2)cc1OC1CN(C)C1. The zero-order chi connectivity index (χ0) is 15.6. The normalized spacial score (nSPS) is 22.1. The second-order valence-corrected chi connectivity index (χ2v) is 6.87. The highest BCUT2D eigenvalue weighted by molar-refractivity contribution is 5.46. The summed E-state index contributed by atoms with van der Waals surface area (Å²) in [6.07, 6.45) is 6.51. The summed E-state index contributed by atoms with van der Waals surface area (Å²) in [5.41, 5.74) is 7.61. The van der Waals surface area contributed by atoms with Gasteiger partial charge in [-0.3, -0.25) is 4.90 Å². The van der Waals surface area contributed by atoms with Gasteiger partial charge in [-0.2, -0.15) is 0 Å².